The van der Waals surface area contributed by atoms with Gasteiger partial charge < -0.3 is 0 Å². The monoisotopic (exact) mass is 263 g/mol. The van der Waals surface area contributed by atoms with E-state index in [0.717, 1.165) is 15.1 Å². The molecule has 0 aliphatic carbocycles. The summed E-state index contributed by atoms with van der Waals surface area (Å²) in [4.78, 5) is 0.675. The fraction of sp³-hybridized carbons (Fsp3) is 0.0833. The minimum atomic E-state index is -3.43. The standard InChI is InChI=1S/C12H9NO2S2/c1-13-12(16)10-6-8-4-2-3-5-9(8)7-11(10)17(13,14)15/h2-7H,1H3. The van der Waals surface area contributed by atoms with E-state index in [1.54, 1.807) is 6.07 Å². The van der Waals surface area contributed by atoms with Crippen LogP contribution in [0.4, 0.5) is 0 Å². The zero-order valence-electron chi connectivity index (χ0n) is 9.04. The molecular weight excluding hydrogens is 254 g/mol. The molecule has 0 bridgehead atoms. The average Bonchev–Trinajstić information content (AvgIpc) is 2.49. The fourth-order valence-corrected chi connectivity index (χ4v) is 3.88. The molecule has 0 atom stereocenters. The van der Waals surface area contributed by atoms with Gasteiger partial charge in [-0.15, -0.1) is 0 Å². The lowest BCUT2D eigenvalue weighted by atomic mass is 10.1. The van der Waals surface area contributed by atoms with E-state index in [2.05, 4.69) is 0 Å². The van der Waals surface area contributed by atoms with Gasteiger partial charge in [-0.3, -0.25) is 4.31 Å². The topological polar surface area (TPSA) is 37.4 Å². The summed E-state index contributed by atoms with van der Waals surface area (Å²) < 4.78 is 25.3. The first kappa shape index (κ1) is 10.7. The summed E-state index contributed by atoms with van der Waals surface area (Å²) in [5.74, 6) is 0. The Hall–Kier alpha value is -1.46. The molecule has 0 spiro atoms. The van der Waals surface area contributed by atoms with Crippen molar-refractivity contribution in [2.75, 3.05) is 7.05 Å². The van der Waals surface area contributed by atoms with Gasteiger partial charge in [-0.2, -0.15) is 0 Å². The molecule has 0 fully saturated rings. The molecule has 1 aliphatic heterocycles. The Morgan fingerprint density at radius 3 is 2.35 bits per heavy atom. The molecule has 2 aromatic carbocycles. The first-order valence-electron chi connectivity index (χ1n) is 5.08. The molecule has 0 amide bonds. The Morgan fingerprint density at radius 2 is 1.71 bits per heavy atom. The molecule has 0 N–H and O–H groups in total. The van der Waals surface area contributed by atoms with Crippen molar-refractivity contribution >= 4 is 38.0 Å². The highest BCUT2D eigenvalue weighted by molar-refractivity contribution is 7.92. The molecule has 0 saturated carbocycles. The normalized spacial score (nSPS) is 17.5. The number of rotatable bonds is 0. The lowest BCUT2D eigenvalue weighted by molar-refractivity contribution is 0.561. The van der Waals surface area contributed by atoms with E-state index in [-0.39, 0.29) is 0 Å². The van der Waals surface area contributed by atoms with Gasteiger partial charge in [-0.1, -0.05) is 36.5 Å². The van der Waals surface area contributed by atoms with Crippen molar-refractivity contribution in [2.24, 2.45) is 0 Å². The van der Waals surface area contributed by atoms with Crippen LogP contribution in [-0.2, 0) is 10.0 Å². The molecule has 1 aliphatic rings. The van der Waals surface area contributed by atoms with Crippen LogP contribution in [0.25, 0.3) is 10.8 Å². The van der Waals surface area contributed by atoms with Crippen LogP contribution in [0.2, 0.25) is 0 Å². The lowest BCUT2D eigenvalue weighted by Crippen LogP contribution is -2.24. The van der Waals surface area contributed by atoms with Crippen LogP contribution >= 0.6 is 12.2 Å². The second-order valence-electron chi connectivity index (χ2n) is 3.97. The van der Waals surface area contributed by atoms with Gasteiger partial charge in [0.15, 0.2) is 0 Å². The maximum atomic E-state index is 12.1. The maximum Gasteiger partial charge on any atom is 0.265 e. The van der Waals surface area contributed by atoms with Gasteiger partial charge in [-0.05, 0) is 22.9 Å². The SMILES string of the molecule is CN1C(=S)c2cc3ccccc3cc2S1(=O)=O. The van der Waals surface area contributed by atoms with E-state index < -0.39 is 10.0 Å². The van der Waals surface area contributed by atoms with E-state index in [9.17, 15) is 8.42 Å². The summed E-state index contributed by atoms with van der Waals surface area (Å²) in [5.41, 5.74) is 0.626. The highest BCUT2D eigenvalue weighted by Crippen LogP contribution is 2.32. The summed E-state index contributed by atoms with van der Waals surface area (Å²) in [6.45, 7) is 0. The summed E-state index contributed by atoms with van der Waals surface area (Å²) in [7, 11) is -1.94. The average molecular weight is 263 g/mol. The van der Waals surface area contributed by atoms with Crippen molar-refractivity contribution in [1.29, 1.82) is 0 Å². The third kappa shape index (κ3) is 1.33. The first-order valence-corrected chi connectivity index (χ1v) is 6.93. The van der Waals surface area contributed by atoms with Gasteiger partial charge >= 0.3 is 0 Å². The van der Waals surface area contributed by atoms with E-state index in [1.165, 1.54) is 7.05 Å². The maximum absolute atomic E-state index is 12.1. The van der Waals surface area contributed by atoms with E-state index in [1.807, 2.05) is 30.3 Å². The molecule has 3 nitrogen and oxygen atoms in total. The smallest absolute Gasteiger partial charge is 0.259 e. The van der Waals surface area contributed by atoms with E-state index >= 15 is 0 Å². The highest BCUT2D eigenvalue weighted by Gasteiger charge is 2.35. The molecule has 86 valence electrons. The van der Waals surface area contributed by atoms with Crippen molar-refractivity contribution < 1.29 is 8.42 Å². The molecule has 1 heterocycles. The highest BCUT2D eigenvalue weighted by atomic mass is 32.2. The molecule has 0 unspecified atom stereocenters. The van der Waals surface area contributed by atoms with Crippen molar-refractivity contribution in [3.8, 4) is 0 Å². The quantitative estimate of drug-likeness (QED) is 0.683. The zero-order chi connectivity index (χ0) is 12.2. The molecular formula is C12H9NO2S2. The Balaban J connectivity index is 2.46. The van der Waals surface area contributed by atoms with Crippen molar-refractivity contribution in [1.82, 2.24) is 4.31 Å². The Kier molecular flexibility index (Phi) is 2.06. The minimum Gasteiger partial charge on any atom is -0.259 e. The summed E-state index contributed by atoms with van der Waals surface area (Å²) in [6, 6.07) is 11.2. The minimum absolute atomic E-state index is 0.309. The predicted molar refractivity (Wildman–Crippen MR) is 70.6 cm³/mol. The number of benzene rings is 2. The van der Waals surface area contributed by atoms with Gasteiger partial charge in [0, 0.05) is 12.6 Å². The van der Waals surface area contributed by atoms with Crippen LogP contribution in [0.5, 0.6) is 0 Å². The van der Waals surface area contributed by atoms with Gasteiger partial charge in [-0.25, -0.2) is 8.42 Å². The number of hydrogen-bond acceptors (Lipinski definition) is 3. The molecule has 3 rings (SSSR count). The second-order valence-corrected chi connectivity index (χ2v) is 6.30. The second kappa shape index (κ2) is 3.27. The molecule has 17 heavy (non-hydrogen) atoms. The van der Waals surface area contributed by atoms with Gasteiger partial charge in [0.25, 0.3) is 10.0 Å². The van der Waals surface area contributed by atoms with Crippen molar-refractivity contribution in [3.05, 3.63) is 42.0 Å². The largest absolute Gasteiger partial charge is 0.265 e. The molecule has 5 heteroatoms. The van der Waals surface area contributed by atoms with E-state index in [4.69, 9.17) is 12.2 Å². The van der Waals surface area contributed by atoms with Crippen LogP contribution < -0.4 is 0 Å². The molecule has 0 saturated heterocycles. The predicted octanol–water partition coefficient (Wildman–Crippen LogP) is 2.15. The van der Waals surface area contributed by atoms with Crippen LogP contribution in [0.1, 0.15) is 5.56 Å². The van der Waals surface area contributed by atoms with Gasteiger partial charge in [0.2, 0.25) is 0 Å². The van der Waals surface area contributed by atoms with Crippen LogP contribution in [0, 0.1) is 0 Å². The molecule has 0 radical (unpaired) electrons. The van der Waals surface area contributed by atoms with Crippen LogP contribution in [-0.4, -0.2) is 24.8 Å². The Bertz CT molecular complexity index is 750. The van der Waals surface area contributed by atoms with Crippen molar-refractivity contribution in [3.63, 3.8) is 0 Å². The summed E-state index contributed by atoms with van der Waals surface area (Å²) >= 11 is 5.16. The van der Waals surface area contributed by atoms with Gasteiger partial charge in [0.05, 0.1) is 4.90 Å². The molecule has 2 aromatic rings. The lowest BCUT2D eigenvalue weighted by Gasteiger charge is -2.08. The van der Waals surface area contributed by atoms with Crippen LogP contribution in [0.3, 0.4) is 0 Å². The number of nitrogens with zero attached hydrogens (tertiary/aromatic N) is 1. The van der Waals surface area contributed by atoms with E-state index in [0.29, 0.717) is 15.4 Å². The first-order chi connectivity index (χ1) is 8.01. The number of hydrogen-bond donors (Lipinski definition) is 0. The summed E-state index contributed by atoms with van der Waals surface area (Å²) in [5, 5.41) is 1.91. The van der Waals surface area contributed by atoms with Gasteiger partial charge in [0.1, 0.15) is 4.99 Å². The number of sulfonamides is 1. The van der Waals surface area contributed by atoms with Crippen LogP contribution in [0.15, 0.2) is 41.3 Å². The summed E-state index contributed by atoms with van der Waals surface area (Å²) in [6.07, 6.45) is 0. The Labute approximate surface area is 105 Å². The number of fused-ring (bicyclic) bond motifs is 2. The zero-order valence-corrected chi connectivity index (χ0v) is 10.7. The number of thiocarbonyl (C=S) groups is 1. The van der Waals surface area contributed by atoms with Crippen molar-refractivity contribution in [2.45, 2.75) is 4.90 Å². The third-order valence-corrected chi connectivity index (χ3v) is 5.41. The molecule has 0 aromatic heterocycles. The Morgan fingerprint density at radius 1 is 1.12 bits per heavy atom. The fourth-order valence-electron chi connectivity index (χ4n) is 2.03. The third-order valence-electron chi connectivity index (χ3n) is 3.00.